The molecular weight excluding hydrogens is 510 g/mol. The first-order valence-corrected chi connectivity index (χ1v) is 11.8. The van der Waals surface area contributed by atoms with Gasteiger partial charge in [-0.25, -0.2) is 9.31 Å². The number of ether oxygens (including phenoxy) is 1. The smallest absolute Gasteiger partial charge is 0.340 e. The van der Waals surface area contributed by atoms with Crippen molar-refractivity contribution in [2.24, 2.45) is 5.73 Å². The number of likely N-dealkylation sites (N-methyl/N-ethyl adjacent to an activating group) is 1. The molecule has 0 unspecified atom stereocenters. The largest absolute Gasteiger partial charge is 0.452 e. The normalized spacial score (nSPS) is 10.7. The number of rotatable bonds is 7. The summed E-state index contributed by atoms with van der Waals surface area (Å²) in [7, 11) is 4.67. The number of anilines is 1. The van der Waals surface area contributed by atoms with E-state index in [1.165, 1.54) is 21.9 Å². The lowest BCUT2D eigenvalue weighted by atomic mass is 10.0. The Kier molecular flexibility index (Phi) is 7.45. The zero-order valence-corrected chi connectivity index (χ0v) is 21.6. The number of nitrogens with zero attached hydrogens (tertiary/aromatic N) is 4. The van der Waals surface area contributed by atoms with E-state index in [0.29, 0.717) is 22.3 Å². The second kappa shape index (κ2) is 10.7. The minimum Gasteiger partial charge on any atom is -0.452 e. The first kappa shape index (κ1) is 26.4. The van der Waals surface area contributed by atoms with Crippen molar-refractivity contribution < 1.29 is 23.9 Å². The minimum absolute atomic E-state index is 0.0308. The molecule has 0 bridgehead atoms. The van der Waals surface area contributed by atoms with Crippen LogP contribution in [0.5, 0.6) is 0 Å². The van der Waals surface area contributed by atoms with Gasteiger partial charge in [0.05, 0.1) is 22.3 Å². The Bertz CT molecular complexity index is 1560. The zero-order chi connectivity index (χ0) is 27.6. The maximum Gasteiger partial charge on any atom is 0.340 e. The lowest BCUT2D eigenvalue weighted by Gasteiger charge is -2.19. The monoisotopic (exact) mass is 533 g/mol. The number of carbonyl (C=O) groups is 4. The van der Waals surface area contributed by atoms with Crippen molar-refractivity contribution in [3.63, 3.8) is 0 Å². The highest BCUT2D eigenvalue weighted by atomic mass is 35.5. The topological polar surface area (TPSA) is 127 Å². The molecule has 2 aromatic heterocycles. The van der Waals surface area contributed by atoms with Crippen molar-refractivity contribution in [3.05, 3.63) is 88.7 Å². The summed E-state index contributed by atoms with van der Waals surface area (Å²) in [6, 6.07) is 14.6. The number of halogens is 1. The molecule has 0 atom stereocenters. The van der Waals surface area contributed by atoms with Gasteiger partial charge in [0.2, 0.25) is 5.91 Å². The van der Waals surface area contributed by atoms with Gasteiger partial charge in [-0.2, -0.15) is 5.10 Å². The third-order valence-corrected chi connectivity index (χ3v) is 6.27. The lowest BCUT2D eigenvalue weighted by molar-refractivity contribution is -0.131. The second-order valence-corrected chi connectivity index (χ2v) is 9.04. The molecule has 0 saturated carbocycles. The maximum atomic E-state index is 13.4. The van der Waals surface area contributed by atoms with Crippen LogP contribution in [0.15, 0.2) is 67.0 Å². The third kappa shape index (κ3) is 5.35. The zero-order valence-electron chi connectivity index (χ0n) is 20.8. The molecule has 0 aliphatic heterocycles. The Hall–Kier alpha value is -4.70. The van der Waals surface area contributed by atoms with Gasteiger partial charge in [-0.15, -0.1) is 0 Å². The van der Waals surface area contributed by atoms with Gasteiger partial charge in [0.15, 0.2) is 6.61 Å². The van der Waals surface area contributed by atoms with Crippen LogP contribution in [0, 0.1) is 0 Å². The molecule has 0 aliphatic rings. The number of esters is 1. The number of primary amides is 1. The third-order valence-electron chi connectivity index (χ3n) is 5.94. The fourth-order valence-corrected chi connectivity index (χ4v) is 3.87. The molecule has 0 fully saturated rings. The average Bonchev–Trinajstić information content (AvgIpc) is 3.34. The summed E-state index contributed by atoms with van der Waals surface area (Å²) in [6.07, 6.45) is 3.34. The van der Waals surface area contributed by atoms with Crippen LogP contribution >= 0.6 is 11.6 Å². The van der Waals surface area contributed by atoms with Crippen LogP contribution in [0.2, 0.25) is 5.02 Å². The molecule has 0 aliphatic carbocycles. The number of hydrogen-bond donors (Lipinski definition) is 1. The molecule has 2 N–H and O–H groups in total. The first-order chi connectivity index (χ1) is 18.1. The van der Waals surface area contributed by atoms with Gasteiger partial charge in [-0.05, 0) is 48.0 Å². The van der Waals surface area contributed by atoms with Crippen molar-refractivity contribution >= 4 is 46.5 Å². The van der Waals surface area contributed by atoms with Gasteiger partial charge in [-0.3, -0.25) is 14.4 Å². The number of fused-ring (bicyclic) bond motifs is 1. The summed E-state index contributed by atoms with van der Waals surface area (Å²) >= 11 is 6.19. The van der Waals surface area contributed by atoms with E-state index >= 15 is 0 Å². The Labute approximate surface area is 223 Å². The van der Waals surface area contributed by atoms with Crippen molar-refractivity contribution in [1.29, 1.82) is 0 Å². The van der Waals surface area contributed by atoms with Crippen LogP contribution in [0.25, 0.3) is 16.6 Å². The van der Waals surface area contributed by atoms with Crippen LogP contribution in [0.1, 0.15) is 31.1 Å². The highest BCUT2D eigenvalue weighted by Gasteiger charge is 2.20. The van der Waals surface area contributed by atoms with Crippen molar-refractivity contribution in [2.45, 2.75) is 0 Å². The Morgan fingerprint density at radius 2 is 1.68 bits per heavy atom. The standard InChI is InChI=1S/C27H24ClN5O5/c1-31(2)24(34)15-38-27(37)20-13-19(8-9-22(20)28)32(3)26(36)18-10-11-33-23(12-18)21(14-30-33)16-4-6-17(7-5-16)25(29)35/h4-14H,15H2,1-3H3,(H2,29,35). The van der Waals surface area contributed by atoms with E-state index in [1.807, 2.05) is 0 Å². The van der Waals surface area contributed by atoms with Crippen LogP contribution in [-0.4, -0.2) is 66.0 Å². The second-order valence-electron chi connectivity index (χ2n) is 8.64. The number of amides is 3. The molecule has 3 amide bonds. The van der Waals surface area contributed by atoms with Crippen molar-refractivity contribution in [1.82, 2.24) is 14.5 Å². The molecule has 10 nitrogen and oxygen atoms in total. The summed E-state index contributed by atoms with van der Waals surface area (Å²) in [6.45, 7) is -0.430. The minimum atomic E-state index is -0.777. The van der Waals surface area contributed by atoms with Crippen LogP contribution in [0.4, 0.5) is 5.69 Å². The molecule has 194 valence electrons. The van der Waals surface area contributed by atoms with Gasteiger partial charge in [0, 0.05) is 49.7 Å². The highest BCUT2D eigenvalue weighted by molar-refractivity contribution is 6.33. The molecule has 2 aromatic carbocycles. The fourth-order valence-electron chi connectivity index (χ4n) is 3.67. The highest BCUT2D eigenvalue weighted by Crippen LogP contribution is 2.28. The number of benzene rings is 2. The predicted molar refractivity (Wildman–Crippen MR) is 142 cm³/mol. The van der Waals surface area contributed by atoms with E-state index in [2.05, 4.69) is 5.10 Å². The summed E-state index contributed by atoms with van der Waals surface area (Å²) in [4.78, 5) is 51.7. The van der Waals surface area contributed by atoms with Crippen LogP contribution < -0.4 is 10.6 Å². The van der Waals surface area contributed by atoms with Crippen molar-refractivity contribution in [3.8, 4) is 11.1 Å². The molecule has 0 spiro atoms. The summed E-state index contributed by atoms with van der Waals surface area (Å²) in [5, 5.41) is 4.47. The number of pyridine rings is 1. The Morgan fingerprint density at radius 3 is 2.34 bits per heavy atom. The van der Waals surface area contributed by atoms with Gasteiger partial charge in [0.25, 0.3) is 11.8 Å². The molecule has 2 heterocycles. The van der Waals surface area contributed by atoms with Gasteiger partial charge in [-0.1, -0.05) is 23.7 Å². The van der Waals surface area contributed by atoms with Crippen LogP contribution in [0.3, 0.4) is 0 Å². The molecule has 11 heteroatoms. The number of nitrogens with two attached hydrogens (primary N) is 1. The first-order valence-electron chi connectivity index (χ1n) is 11.4. The number of aromatic nitrogens is 2. The van der Waals surface area contributed by atoms with Gasteiger partial charge in [0.1, 0.15) is 0 Å². The number of carbonyl (C=O) groups excluding carboxylic acids is 4. The van der Waals surface area contributed by atoms with Gasteiger partial charge >= 0.3 is 5.97 Å². The quantitative estimate of drug-likeness (QED) is 0.363. The average molecular weight is 534 g/mol. The molecule has 4 rings (SSSR count). The summed E-state index contributed by atoms with van der Waals surface area (Å²) in [5.41, 5.74) is 8.78. The van der Waals surface area contributed by atoms with E-state index in [-0.39, 0.29) is 22.4 Å². The van der Waals surface area contributed by atoms with E-state index in [4.69, 9.17) is 22.1 Å². The predicted octanol–water partition coefficient (Wildman–Crippen LogP) is 3.28. The molecule has 4 aromatic rings. The van der Waals surface area contributed by atoms with E-state index < -0.39 is 18.5 Å². The molecule has 38 heavy (non-hydrogen) atoms. The van der Waals surface area contributed by atoms with E-state index in [0.717, 1.165) is 11.1 Å². The van der Waals surface area contributed by atoms with Crippen LogP contribution in [-0.2, 0) is 9.53 Å². The van der Waals surface area contributed by atoms with E-state index in [9.17, 15) is 19.2 Å². The molecular formula is C27H24ClN5O5. The fraction of sp³-hybridized carbons (Fsp3) is 0.148. The SMILES string of the molecule is CN(C)C(=O)COC(=O)c1cc(N(C)C(=O)c2ccn3ncc(-c4ccc(C(N)=O)cc4)c3c2)ccc1Cl. The van der Waals surface area contributed by atoms with Crippen molar-refractivity contribution in [2.75, 3.05) is 32.6 Å². The molecule has 0 saturated heterocycles. The van der Waals surface area contributed by atoms with E-state index in [1.54, 1.807) is 80.5 Å². The molecule has 0 radical (unpaired) electrons. The summed E-state index contributed by atoms with van der Waals surface area (Å²) in [5.74, 6) is -2.02. The Morgan fingerprint density at radius 1 is 0.974 bits per heavy atom. The summed E-state index contributed by atoms with van der Waals surface area (Å²) < 4.78 is 6.71. The number of hydrogen-bond acceptors (Lipinski definition) is 6. The lowest BCUT2D eigenvalue weighted by Crippen LogP contribution is -2.28. The maximum absolute atomic E-state index is 13.4. The Balaban J connectivity index is 1.59. The van der Waals surface area contributed by atoms with Gasteiger partial charge < -0.3 is 20.3 Å².